The van der Waals surface area contributed by atoms with Crippen molar-refractivity contribution in [3.8, 4) is 17.4 Å². The van der Waals surface area contributed by atoms with Crippen molar-refractivity contribution in [1.82, 2.24) is 4.98 Å². The number of hydrogen-bond acceptors (Lipinski definition) is 4. The van der Waals surface area contributed by atoms with E-state index >= 15 is 0 Å². The molecule has 0 radical (unpaired) electrons. The molecular formula is C7H6BrNO3. The number of nitrogens with zero attached hydrogens (tertiary/aromatic N) is 1. The Morgan fingerprint density at radius 1 is 1.58 bits per heavy atom. The summed E-state index contributed by atoms with van der Waals surface area (Å²) in [7, 11) is 1.57. The van der Waals surface area contributed by atoms with Crippen molar-refractivity contribution in [2.75, 3.05) is 13.9 Å². The van der Waals surface area contributed by atoms with Crippen LogP contribution in [0.3, 0.4) is 0 Å². The molecule has 1 aliphatic heterocycles. The summed E-state index contributed by atoms with van der Waals surface area (Å²) in [6.45, 7) is 0.204. The van der Waals surface area contributed by atoms with E-state index < -0.39 is 0 Å². The average Bonchev–Trinajstić information content (AvgIpc) is 2.50. The third kappa shape index (κ3) is 1.10. The molecule has 1 aromatic heterocycles. The van der Waals surface area contributed by atoms with E-state index in [1.165, 1.54) is 0 Å². The van der Waals surface area contributed by atoms with Gasteiger partial charge in [0.15, 0.2) is 5.75 Å². The molecule has 0 fully saturated rings. The predicted octanol–water partition coefficient (Wildman–Crippen LogP) is 1.58. The van der Waals surface area contributed by atoms with Crippen molar-refractivity contribution in [2.45, 2.75) is 0 Å². The fourth-order valence-electron chi connectivity index (χ4n) is 0.986. The van der Waals surface area contributed by atoms with E-state index in [1.54, 1.807) is 13.2 Å². The first kappa shape index (κ1) is 7.67. The monoisotopic (exact) mass is 231 g/mol. The van der Waals surface area contributed by atoms with Gasteiger partial charge < -0.3 is 14.2 Å². The Bertz CT molecular complexity index is 316. The van der Waals surface area contributed by atoms with Gasteiger partial charge in [-0.25, -0.2) is 4.98 Å². The van der Waals surface area contributed by atoms with Gasteiger partial charge in [-0.1, -0.05) is 0 Å². The van der Waals surface area contributed by atoms with Crippen LogP contribution in [0.4, 0.5) is 0 Å². The van der Waals surface area contributed by atoms with Gasteiger partial charge in [0, 0.05) is 6.07 Å². The van der Waals surface area contributed by atoms with Gasteiger partial charge >= 0.3 is 0 Å². The van der Waals surface area contributed by atoms with Crippen molar-refractivity contribution in [3.05, 3.63) is 10.7 Å². The van der Waals surface area contributed by atoms with E-state index in [1.807, 2.05) is 0 Å². The van der Waals surface area contributed by atoms with Crippen molar-refractivity contribution in [1.29, 1.82) is 0 Å². The zero-order valence-corrected chi connectivity index (χ0v) is 7.92. The molecule has 2 rings (SSSR count). The molecule has 64 valence electrons. The first-order chi connectivity index (χ1) is 5.81. The Morgan fingerprint density at radius 3 is 3.17 bits per heavy atom. The maximum atomic E-state index is 5.14. The van der Waals surface area contributed by atoms with Gasteiger partial charge in [0.2, 0.25) is 12.5 Å². The summed E-state index contributed by atoms with van der Waals surface area (Å²) in [5.41, 5.74) is 0. The number of fused-ring (bicyclic) bond motifs is 1. The number of methoxy groups -OCH3 is 1. The Kier molecular flexibility index (Phi) is 1.80. The number of aromatic nitrogens is 1. The SMILES string of the molecule is COc1cc(Br)nc2c1OCO2. The Morgan fingerprint density at radius 2 is 2.42 bits per heavy atom. The molecule has 0 spiro atoms. The molecule has 0 aliphatic carbocycles. The lowest BCUT2D eigenvalue weighted by Gasteiger charge is -2.03. The molecule has 0 N–H and O–H groups in total. The van der Waals surface area contributed by atoms with Crippen LogP contribution < -0.4 is 14.2 Å². The van der Waals surface area contributed by atoms with Crippen LogP contribution in [0.5, 0.6) is 17.4 Å². The molecule has 0 saturated heterocycles. The fourth-order valence-corrected chi connectivity index (χ4v) is 1.35. The van der Waals surface area contributed by atoms with E-state index in [0.29, 0.717) is 22.0 Å². The molecule has 1 aliphatic rings. The van der Waals surface area contributed by atoms with Crippen molar-refractivity contribution in [3.63, 3.8) is 0 Å². The highest BCUT2D eigenvalue weighted by Gasteiger charge is 2.20. The molecule has 0 saturated carbocycles. The number of ether oxygens (including phenoxy) is 3. The molecule has 0 atom stereocenters. The minimum absolute atomic E-state index is 0.204. The van der Waals surface area contributed by atoms with E-state index in [-0.39, 0.29) is 6.79 Å². The summed E-state index contributed by atoms with van der Waals surface area (Å²) in [5, 5.41) is 0. The molecule has 0 unspecified atom stereocenters. The summed E-state index contributed by atoms with van der Waals surface area (Å²) in [6, 6.07) is 1.73. The van der Waals surface area contributed by atoms with Crippen molar-refractivity contribution >= 4 is 15.9 Å². The first-order valence-corrected chi connectivity index (χ1v) is 4.10. The van der Waals surface area contributed by atoms with E-state index in [0.717, 1.165) is 0 Å². The van der Waals surface area contributed by atoms with E-state index in [2.05, 4.69) is 20.9 Å². The quantitative estimate of drug-likeness (QED) is 0.689. The van der Waals surface area contributed by atoms with Gasteiger partial charge in [-0.05, 0) is 15.9 Å². The number of rotatable bonds is 1. The lowest BCUT2D eigenvalue weighted by atomic mass is 10.4. The van der Waals surface area contributed by atoms with Crippen LogP contribution in [0.25, 0.3) is 0 Å². The van der Waals surface area contributed by atoms with Gasteiger partial charge in [-0.15, -0.1) is 0 Å². The molecule has 2 heterocycles. The molecular weight excluding hydrogens is 226 g/mol. The summed E-state index contributed by atoms with van der Waals surface area (Å²) >= 11 is 3.23. The topological polar surface area (TPSA) is 40.6 Å². The highest BCUT2D eigenvalue weighted by molar-refractivity contribution is 9.10. The maximum Gasteiger partial charge on any atom is 0.265 e. The molecule has 1 aromatic rings. The zero-order chi connectivity index (χ0) is 8.55. The van der Waals surface area contributed by atoms with Crippen LogP contribution in [-0.4, -0.2) is 18.9 Å². The smallest absolute Gasteiger partial charge is 0.265 e. The van der Waals surface area contributed by atoms with Crippen LogP contribution in [-0.2, 0) is 0 Å². The minimum atomic E-state index is 0.204. The van der Waals surface area contributed by atoms with Gasteiger partial charge in [0.25, 0.3) is 5.88 Å². The van der Waals surface area contributed by atoms with Crippen molar-refractivity contribution < 1.29 is 14.2 Å². The Balaban J connectivity index is 2.55. The summed E-state index contributed by atoms with van der Waals surface area (Å²) in [5.74, 6) is 1.67. The average molecular weight is 232 g/mol. The van der Waals surface area contributed by atoms with E-state index in [4.69, 9.17) is 14.2 Å². The number of hydrogen-bond donors (Lipinski definition) is 0. The van der Waals surface area contributed by atoms with Crippen molar-refractivity contribution in [2.24, 2.45) is 0 Å². The Labute approximate surface area is 77.6 Å². The normalized spacial score (nSPS) is 13.2. The standard InChI is InChI=1S/C7H6BrNO3/c1-10-4-2-5(8)9-7-6(4)11-3-12-7/h2H,3H2,1H3. The zero-order valence-electron chi connectivity index (χ0n) is 6.33. The highest BCUT2D eigenvalue weighted by atomic mass is 79.9. The van der Waals surface area contributed by atoms with Crippen LogP contribution in [0.2, 0.25) is 0 Å². The molecule has 0 aromatic carbocycles. The van der Waals surface area contributed by atoms with Gasteiger partial charge in [-0.3, -0.25) is 0 Å². The van der Waals surface area contributed by atoms with Crippen LogP contribution >= 0.6 is 15.9 Å². The molecule has 5 heteroatoms. The summed E-state index contributed by atoms with van der Waals surface area (Å²) < 4.78 is 16.0. The second-order valence-electron chi connectivity index (χ2n) is 2.19. The third-order valence-corrected chi connectivity index (χ3v) is 1.90. The largest absolute Gasteiger partial charge is 0.493 e. The number of halogens is 1. The van der Waals surface area contributed by atoms with E-state index in [9.17, 15) is 0 Å². The van der Waals surface area contributed by atoms with Gasteiger partial charge in [0.05, 0.1) is 7.11 Å². The lowest BCUT2D eigenvalue weighted by molar-refractivity contribution is 0.168. The van der Waals surface area contributed by atoms with Crippen LogP contribution in [0.15, 0.2) is 10.7 Å². The second-order valence-corrected chi connectivity index (χ2v) is 3.00. The summed E-state index contributed by atoms with van der Waals surface area (Å²) in [6.07, 6.45) is 0. The summed E-state index contributed by atoms with van der Waals surface area (Å²) in [4.78, 5) is 4.05. The Hall–Kier alpha value is -0.970. The second kappa shape index (κ2) is 2.82. The number of pyridine rings is 1. The predicted molar refractivity (Wildman–Crippen MR) is 44.6 cm³/mol. The molecule has 4 nitrogen and oxygen atoms in total. The van der Waals surface area contributed by atoms with Gasteiger partial charge in [-0.2, -0.15) is 0 Å². The fraction of sp³-hybridized carbons (Fsp3) is 0.286. The molecule has 0 amide bonds. The van der Waals surface area contributed by atoms with Crippen LogP contribution in [0, 0.1) is 0 Å². The third-order valence-electron chi connectivity index (χ3n) is 1.50. The molecule has 0 bridgehead atoms. The highest BCUT2D eigenvalue weighted by Crippen LogP contribution is 2.40. The lowest BCUT2D eigenvalue weighted by Crippen LogP contribution is -1.94. The maximum absolute atomic E-state index is 5.14. The first-order valence-electron chi connectivity index (χ1n) is 3.31. The molecule has 12 heavy (non-hydrogen) atoms. The van der Waals surface area contributed by atoms with Gasteiger partial charge in [0.1, 0.15) is 4.60 Å². The minimum Gasteiger partial charge on any atom is -0.493 e. The van der Waals surface area contributed by atoms with Crippen LogP contribution in [0.1, 0.15) is 0 Å².